The minimum absolute atomic E-state index is 0.413. The molecule has 4 nitrogen and oxygen atoms in total. The van der Waals surface area contributed by atoms with Gasteiger partial charge in [-0.25, -0.2) is 9.97 Å². The molecule has 0 amide bonds. The second-order valence-corrected chi connectivity index (χ2v) is 5.46. The Morgan fingerprint density at radius 2 is 1.89 bits per heavy atom. The van der Waals surface area contributed by atoms with Crippen molar-refractivity contribution in [3.63, 3.8) is 0 Å². The molecule has 1 aromatic rings. The molecule has 0 bridgehead atoms. The predicted octanol–water partition coefficient (Wildman–Crippen LogP) is 2.88. The van der Waals surface area contributed by atoms with Gasteiger partial charge < -0.3 is 10.6 Å². The molecule has 0 fully saturated rings. The summed E-state index contributed by atoms with van der Waals surface area (Å²) in [6.07, 6.45) is 1.92. The molecule has 2 N–H and O–H groups in total. The molecule has 1 heterocycles. The summed E-state index contributed by atoms with van der Waals surface area (Å²) in [5.74, 6) is 2.97. The van der Waals surface area contributed by atoms with Crippen LogP contribution < -0.4 is 10.6 Å². The molecule has 0 atom stereocenters. The monoisotopic (exact) mass is 250 g/mol. The van der Waals surface area contributed by atoms with Crippen molar-refractivity contribution in [2.75, 3.05) is 17.2 Å². The van der Waals surface area contributed by atoms with Crippen LogP contribution in [0.2, 0.25) is 0 Å². The first-order valence-electron chi connectivity index (χ1n) is 6.84. The zero-order valence-corrected chi connectivity index (χ0v) is 12.3. The summed E-state index contributed by atoms with van der Waals surface area (Å²) in [5.41, 5.74) is 5.88. The smallest absolute Gasteiger partial charge is 0.134 e. The number of anilines is 2. The van der Waals surface area contributed by atoms with Gasteiger partial charge in [0.1, 0.15) is 17.5 Å². The van der Waals surface area contributed by atoms with Crippen LogP contribution in [0.4, 0.5) is 11.6 Å². The maximum Gasteiger partial charge on any atom is 0.134 e. The third-order valence-corrected chi connectivity index (χ3v) is 2.73. The summed E-state index contributed by atoms with van der Waals surface area (Å²) >= 11 is 0. The molecule has 0 aromatic carbocycles. The first-order chi connectivity index (χ1) is 8.43. The van der Waals surface area contributed by atoms with E-state index in [1.807, 2.05) is 6.07 Å². The maximum absolute atomic E-state index is 5.88. The summed E-state index contributed by atoms with van der Waals surface area (Å²) in [5, 5.41) is 0. The van der Waals surface area contributed by atoms with E-state index in [1.54, 1.807) is 0 Å². The molecule has 18 heavy (non-hydrogen) atoms. The molecule has 0 aliphatic heterocycles. The molecule has 4 heteroatoms. The Morgan fingerprint density at radius 3 is 2.39 bits per heavy atom. The van der Waals surface area contributed by atoms with Gasteiger partial charge in [-0.15, -0.1) is 0 Å². The molecule has 0 spiro atoms. The van der Waals surface area contributed by atoms with Gasteiger partial charge in [-0.3, -0.25) is 0 Å². The Hall–Kier alpha value is -1.32. The average Bonchev–Trinajstić information content (AvgIpc) is 2.24. The van der Waals surface area contributed by atoms with Crippen molar-refractivity contribution in [1.29, 1.82) is 0 Å². The summed E-state index contributed by atoms with van der Waals surface area (Å²) in [7, 11) is 0. The molecule has 102 valence electrons. The quantitative estimate of drug-likeness (QED) is 0.843. The van der Waals surface area contributed by atoms with E-state index in [-0.39, 0.29) is 0 Å². The normalized spacial score (nSPS) is 11.3. The van der Waals surface area contributed by atoms with Gasteiger partial charge in [-0.2, -0.15) is 0 Å². The van der Waals surface area contributed by atoms with Crippen molar-refractivity contribution >= 4 is 11.6 Å². The number of hydrogen-bond acceptors (Lipinski definition) is 4. The number of aryl methyl sites for hydroxylation is 1. The fourth-order valence-electron chi connectivity index (χ4n) is 1.95. The molecule has 0 radical (unpaired) electrons. The maximum atomic E-state index is 5.88. The van der Waals surface area contributed by atoms with Gasteiger partial charge >= 0.3 is 0 Å². The predicted molar refractivity (Wildman–Crippen MR) is 77.8 cm³/mol. The molecular weight excluding hydrogens is 224 g/mol. The van der Waals surface area contributed by atoms with Crippen molar-refractivity contribution in [2.24, 2.45) is 5.92 Å². The van der Waals surface area contributed by atoms with E-state index in [2.05, 4.69) is 49.5 Å². The molecule has 1 rings (SSSR count). The third kappa shape index (κ3) is 4.17. The van der Waals surface area contributed by atoms with Gasteiger partial charge in [0, 0.05) is 25.1 Å². The second kappa shape index (κ2) is 6.57. The van der Waals surface area contributed by atoms with E-state index < -0.39 is 0 Å². The molecule has 0 aliphatic rings. The van der Waals surface area contributed by atoms with Crippen molar-refractivity contribution in [2.45, 2.75) is 53.5 Å². The minimum Gasteiger partial charge on any atom is -0.384 e. The summed E-state index contributed by atoms with van der Waals surface area (Å²) < 4.78 is 0. The number of hydrogen-bond donors (Lipinski definition) is 1. The van der Waals surface area contributed by atoms with Gasteiger partial charge in [0.15, 0.2) is 0 Å². The number of rotatable bonds is 6. The minimum atomic E-state index is 0.413. The van der Waals surface area contributed by atoms with Gasteiger partial charge in [0.2, 0.25) is 0 Å². The Bertz CT molecular complexity index is 374. The van der Waals surface area contributed by atoms with E-state index in [4.69, 9.17) is 5.73 Å². The van der Waals surface area contributed by atoms with Crippen molar-refractivity contribution in [3.8, 4) is 0 Å². The number of nitrogens with zero attached hydrogens (tertiary/aromatic N) is 3. The van der Waals surface area contributed by atoms with E-state index in [1.165, 1.54) is 0 Å². The van der Waals surface area contributed by atoms with Crippen molar-refractivity contribution in [1.82, 2.24) is 9.97 Å². The lowest BCUT2D eigenvalue weighted by atomic mass is 10.2. The van der Waals surface area contributed by atoms with Crippen LogP contribution in [0.15, 0.2) is 6.07 Å². The van der Waals surface area contributed by atoms with Crippen LogP contribution in [0.1, 0.15) is 46.9 Å². The largest absolute Gasteiger partial charge is 0.384 e. The first-order valence-corrected chi connectivity index (χ1v) is 6.84. The lowest BCUT2D eigenvalue weighted by molar-refractivity contribution is 0.564. The van der Waals surface area contributed by atoms with E-state index >= 15 is 0 Å². The number of aromatic nitrogens is 2. The lowest BCUT2D eigenvalue weighted by Crippen LogP contribution is -2.35. The number of nitrogens with two attached hydrogens (primary N) is 1. The van der Waals surface area contributed by atoms with Crippen LogP contribution in [0.5, 0.6) is 0 Å². The fourth-order valence-corrected chi connectivity index (χ4v) is 1.95. The number of nitrogen functional groups attached to an aromatic ring is 1. The highest BCUT2D eigenvalue weighted by Gasteiger charge is 2.15. The molecule has 0 unspecified atom stereocenters. The van der Waals surface area contributed by atoms with Crippen molar-refractivity contribution in [3.05, 3.63) is 11.9 Å². The Labute approximate surface area is 111 Å². The fraction of sp³-hybridized carbons (Fsp3) is 0.714. The van der Waals surface area contributed by atoms with Gasteiger partial charge in [-0.05, 0) is 26.2 Å². The molecule has 0 aliphatic carbocycles. The zero-order valence-electron chi connectivity index (χ0n) is 12.3. The third-order valence-electron chi connectivity index (χ3n) is 2.73. The molecule has 1 aromatic heterocycles. The van der Waals surface area contributed by atoms with Crippen LogP contribution >= 0.6 is 0 Å². The highest BCUT2D eigenvalue weighted by molar-refractivity contribution is 5.47. The summed E-state index contributed by atoms with van der Waals surface area (Å²) in [6, 6.07) is 2.29. The van der Waals surface area contributed by atoms with E-state index in [0.717, 1.165) is 31.0 Å². The van der Waals surface area contributed by atoms with Crippen LogP contribution in [0, 0.1) is 5.92 Å². The standard InChI is InChI=1S/C14H26N4/c1-6-7-13-16-12(15)8-14(17-13)18(11(4)5)9-10(2)3/h8,10-11H,6-7,9H2,1-5H3,(H2,15,16,17). The van der Waals surface area contributed by atoms with Crippen LogP contribution in [-0.4, -0.2) is 22.6 Å². The molecule has 0 saturated carbocycles. The Balaban J connectivity index is 3.03. The SMILES string of the molecule is CCCc1nc(N)cc(N(CC(C)C)C(C)C)n1. The lowest BCUT2D eigenvalue weighted by Gasteiger charge is -2.30. The summed E-state index contributed by atoms with van der Waals surface area (Å²) in [6.45, 7) is 11.9. The van der Waals surface area contributed by atoms with E-state index in [9.17, 15) is 0 Å². The zero-order chi connectivity index (χ0) is 13.7. The first kappa shape index (κ1) is 14.7. The molecule has 0 saturated heterocycles. The van der Waals surface area contributed by atoms with Crippen molar-refractivity contribution < 1.29 is 0 Å². The highest BCUT2D eigenvalue weighted by Crippen LogP contribution is 2.19. The Morgan fingerprint density at radius 1 is 1.22 bits per heavy atom. The second-order valence-electron chi connectivity index (χ2n) is 5.46. The van der Waals surface area contributed by atoms with Gasteiger partial charge in [-0.1, -0.05) is 20.8 Å². The van der Waals surface area contributed by atoms with Crippen LogP contribution in [0.3, 0.4) is 0 Å². The highest BCUT2D eigenvalue weighted by atomic mass is 15.2. The summed E-state index contributed by atoms with van der Waals surface area (Å²) in [4.78, 5) is 11.2. The topological polar surface area (TPSA) is 55.0 Å². The average molecular weight is 250 g/mol. The van der Waals surface area contributed by atoms with Crippen LogP contribution in [0.25, 0.3) is 0 Å². The van der Waals surface area contributed by atoms with Gasteiger partial charge in [0.25, 0.3) is 0 Å². The van der Waals surface area contributed by atoms with E-state index in [0.29, 0.717) is 17.8 Å². The van der Waals surface area contributed by atoms with Gasteiger partial charge in [0.05, 0.1) is 0 Å². The Kier molecular flexibility index (Phi) is 5.38. The molecular formula is C14H26N4. The van der Waals surface area contributed by atoms with Crippen LogP contribution in [-0.2, 0) is 6.42 Å².